The van der Waals surface area contributed by atoms with Gasteiger partial charge in [0.15, 0.2) is 0 Å². The van der Waals surface area contributed by atoms with Crippen LogP contribution in [0, 0.1) is 11.8 Å². The van der Waals surface area contributed by atoms with E-state index in [4.69, 9.17) is 5.73 Å². The average molecular weight is 211 g/mol. The van der Waals surface area contributed by atoms with Crippen LogP contribution in [0.2, 0.25) is 0 Å². The van der Waals surface area contributed by atoms with Crippen molar-refractivity contribution in [2.45, 2.75) is 6.92 Å². The third kappa shape index (κ3) is 2.43. The van der Waals surface area contributed by atoms with Crippen molar-refractivity contribution in [1.29, 1.82) is 0 Å². The predicted molar refractivity (Wildman–Crippen MR) is 69.6 cm³/mol. The van der Waals surface area contributed by atoms with Crippen LogP contribution in [-0.4, -0.2) is 0 Å². The molecule has 2 N–H and O–H groups in total. The number of hydrogen-bond acceptors (Lipinski definition) is 1. The summed E-state index contributed by atoms with van der Waals surface area (Å²) in [6, 6.07) is 0. The summed E-state index contributed by atoms with van der Waals surface area (Å²) in [6.07, 6.45) is 20.9. The van der Waals surface area contributed by atoms with Gasteiger partial charge in [-0.3, -0.25) is 0 Å². The first-order valence-corrected chi connectivity index (χ1v) is 5.64. The minimum atomic E-state index is 0.212. The lowest BCUT2D eigenvalue weighted by Gasteiger charge is -2.15. The average Bonchev–Trinajstić information content (AvgIpc) is 2.48. The minimum absolute atomic E-state index is 0.212. The molecule has 2 atom stereocenters. The Kier molecular flexibility index (Phi) is 3.25. The fourth-order valence-corrected chi connectivity index (χ4v) is 1.86. The van der Waals surface area contributed by atoms with Crippen LogP contribution in [0.25, 0.3) is 0 Å². The van der Waals surface area contributed by atoms with E-state index in [1.54, 1.807) is 0 Å². The molecular formula is C15H17N. The molecule has 16 heavy (non-hydrogen) atoms. The molecule has 0 aromatic carbocycles. The summed E-state index contributed by atoms with van der Waals surface area (Å²) in [5, 5.41) is 0. The highest BCUT2D eigenvalue weighted by molar-refractivity contribution is 5.37. The van der Waals surface area contributed by atoms with E-state index in [9.17, 15) is 0 Å². The van der Waals surface area contributed by atoms with E-state index >= 15 is 0 Å². The molecular weight excluding hydrogens is 194 g/mol. The molecule has 0 spiro atoms. The quantitative estimate of drug-likeness (QED) is 0.708. The largest absolute Gasteiger partial charge is 0.401 e. The Morgan fingerprint density at radius 3 is 2.69 bits per heavy atom. The van der Waals surface area contributed by atoms with Crippen LogP contribution in [0.5, 0.6) is 0 Å². The lowest BCUT2D eigenvalue weighted by atomic mass is 9.91. The highest BCUT2D eigenvalue weighted by Gasteiger charge is 2.10. The van der Waals surface area contributed by atoms with Crippen molar-refractivity contribution in [2.24, 2.45) is 17.6 Å². The normalized spacial score (nSPS) is 30.6. The second kappa shape index (κ2) is 4.84. The molecule has 1 unspecified atom stereocenters. The number of rotatable bonds is 1. The highest BCUT2D eigenvalue weighted by Crippen LogP contribution is 2.23. The van der Waals surface area contributed by atoms with Crippen molar-refractivity contribution in [3.8, 4) is 0 Å². The summed E-state index contributed by atoms with van der Waals surface area (Å²) in [5.41, 5.74) is 8.24. The lowest BCUT2D eigenvalue weighted by molar-refractivity contribution is 0.845. The van der Waals surface area contributed by atoms with Crippen molar-refractivity contribution in [2.75, 3.05) is 0 Å². The van der Waals surface area contributed by atoms with E-state index in [0.717, 1.165) is 5.70 Å². The van der Waals surface area contributed by atoms with Gasteiger partial charge >= 0.3 is 0 Å². The van der Waals surface area contributed by atoms with Crippen LogP contribution in [0.1, 0.15) is 6.92 Å². The number of nitrogens with two attached hydrogens (primary N) is 1. The first-order chi connectivity index (χ1) is 7.77. The molecule has 1 nitrogen and oxygen atoms in total. The van der Waals surface area contributed by atoms with E-state index in [0.29, 0.717) is 5.92 Å². The Balaban J connectivity index is 2.23. The van der Waals surface area contributed by atoms with Gasteiger partial charge in [0.2, 0.25) is 0 Å². The van der Waals surface area contributed by atoms with Gasteiger partial charge in [0.25, 0.3) is 0 Å². The van der Waals surface area contributed by atoms with Gasteiger partial charge in [0.1, 0.15) is 0 Å². The van der Waals surface area contributed by atoms with E-state index < -0.39 is 0 Å². The Morgan fingerprint density at radius 1 is 1.06 bits per heavy atom. The monoisotopic (exact) mass is 211 g/mol. The van der Waals surface area contributed by atoms with Crippen LogP contribution in [0.4, 0.5) is 0 Å². The molecule has 2 rings (SSSR count). The molecule has 0 heterocycles. The molecule has 0 amide bonds. The second-order valence-corrected chi connectivity index (χ2v) is 4.16. The minimum Gasteiger partial charge on any atom is -0.401 e. The fourth-order valence-electron chi connectivity index (χ4n) is 1.86. The molecule has 2 aliphatic rings. The SMILES string of the molecule is CC1C=CC=C/C1=C/[C@H]1C=CC=CC=C1N. The first kappa shape index (κ1) is 10.7. The highest BCUT2D eigenvalue weighted by atomic mass is 14.6. The summed E-state index contributed by atoms with van der Waals surface area (Å²) >= 11 is 0. The maximum absolute atomic E-state index is 6.01. The van der Waals surface area contributed by atoms with Gasteiger partial charge in [-0.15, -0.1) is 0 Å². The van der Waals surface area contributed by atoms with E-state index in [2.05, 4.69) is 43.4 Å². The third-order valence-electron chi connectivity index (χ3n) is 2.91. The Labute approximate surface area is 97.0 Å². The van der Waals surface area contributed by atoms with Crippen molar-refractivity contribution in [3.05, 3.63) is 72.0 Å². The zero-order valence-corrected chi connectivity index (χ0v) is 9.51. The standard InChI is InChI=1S/C15H17N/c1-12-7-5-6-8-13(12)11-14-9-3-2-4-10-15(14)16/h2-12,14H,16H2,1H3/b13-11-/t12?,14-/m1/s1. The van der Waals surface area contributed by atoms with Gasteiger partial charge in [-0.05, 0) is 17.6 Å². The van der Waals surface area contributed by atoms with Gasteiger partial charge < -0.3 is 5.73 Å². The molecule has 82 valence electrons. The molecule has 2 aliphatic carbocycles. The number of allylic oxidation sites excluding steroid dienone is 10. The van der Waals surface area contributed by atoms with Crippen LogP contribution < -0.4 is 5.73 Å². The molecule has 0 aliphatic heterocycles. The summed E-state index contributed by atoms with van der Waals surface area (Å²) in [6.45, 7) is 2.20. The van der Waals surface area contributed by atoms with Crippen LogP contribution in [-0.2, 0) is 0 Å². The third-order valence-corrected chi connectivity index (χ3v) is 2.91. The molecule has 0 saturated heterocycles. The topological polar surface area (TPSA) is 26.0 Å². The Hall–Kier alpha value is -1.76. The molecule has 0 fully saturated rings. The molecule has 0 bridgehead atoms. The summed E-state index contributed by atoms with van der Waals surface area (Å²) in [5.74, 6) is 0.686. The van der Waals surface area contributed by atoms with Crippen LogP contribution in [0.3, 0.4) is 0 Å². The molecule has 1 heteroatoms. The van der Waals surface area contributed by atoms with Gasteiger partial charge in [0, 0.05) is 11.6 Å². The lowest BCUT2D eigenvalue weighted by Crippen LogP contribution is -2.09. The zero-order valence-electron chi connectivity index (χ0n) is 9.51. The van der Waals surface area contributed by atoms with E-state index in [-0.39, 0.29) is 5.92 Å². The van der Waals surface area contributed by atoms with Crippen molar-refractivity contribution in [3.63, 3.8) is 0 Å². The van der Waals surface area contributed by atoms with Gasteiger partial charge in [0.05, 0.1) is 0 Å². The fraction of sp³-hybridized carbons (Fsp3) is 0.200. The summed E-state index contributed by atoms with van der Waals surface area (Å²) < 4.78 is 0. The van der Waals surface area contributed by atoms with Crippen molar-refractivity contribution < 1.29 is 0 Å². The number of hydrogen-bond donors (Lipinski definition) is 1. The Morgan fingerprint density at radius 2 is 1.88 bits per heavy atom. The van der Waals surface area contributed by atoms with Crippen molar-refractivity contribution in [1.82, 2.24) is 0 Å². The van der Waals surface area contributed by atoms with E-state index in [1.807, 2.05) is 24.3 Å². The second-order valence-electron chi connectivity index (χ2n) is 4.16. The molecule has 0 aromatic rings. The van der Waals surface area contributed by atoms with Gasteiger partial charge in [-0.2, -0.15) is 0 Å². The first-order valence-electron chi connectivity index (χ1n) is 5.64. The van der Waals surface area contributed by atoms with Crippen LogP contribution >= 0.6 is 0 Å². The summed E-state index contributed by atoms with van der Waals surface area (Å²) in [4.78, 5) is 0. The Bertz CT molecular complexity index is 430. The molecule has 0 saturated carbocycles. The maximum atomic E-state index is 6.01. The zero-order chi connectivity index (χ0) is 11.4. The van der Waals surface area contributed by atoms with Crippen molar-refractivity contribution >= 4 is 0 Å². The molecule has 0 radical (unpaired) electrons. The van der Waals surface area contributed by atoms with Gasteiger partial charge in [-0.25, -0.2) is 0 Å². The predicted octanol–water partition coefficient (Wildman–Crippen LogP) is 3.26. The van der Waals surface area contributed by atoms with Gasteiger partial charge in [-0.1, -0.05) is 61.6 Å². The summed E-state index contributed by atoms with van der Waals surface area (Å²) in [7, 11) is 0. The maximum Gasteiger partial charge on any atom is 0.0354 e. The molecule has 0 aromatic heterocycles. The smallest absolute Gasteiger partial charge is 0.0354 e. The van der Waals surface area contributed by atoms with Crippen LogP contribution in [0.15, 0.2) is 72.0 Å². The van der Waals surface area contributed by atoms with E-state index in [1.165, 1.54) is 5.57 Å².